The largest absolute Gasteiger partial charge is 0.356 e. The van der Waals surface area contributed by atoms with Gasteiger partial charge in [-0.25, -0.2) is 14.4 Å². The topological polar surface area (TPSA) is 58.1 Å². The molecule has 7 heteroatoms. The maximum Gasteiger partial charge on any atom is 0.223 e. The van der Waals surface area contributed by atoms with Gasteiger partial charge in [0.1, 0.15) is 18.0 Å². The van der Waals surface area contributed by atoms with Crippen LogP contribution in [0.5, 0.6) is 0 Å². The zero-order valence-corrected chi connectivity index (χ0v) is 17.1. The molecule has 1 aliphatic rings. The first kappa shape index (κ1) is 20.3. The van der Waals surface area contributed by atoms with Crippen LogP contribution in [0.25, 0.3) is 11.3 Å². The number of hydrogen-bond donors (Lipinski definition) is 1. The molecule has 0 unspecified atom stereocenters. The van der Waals surface area contributed by atoms with Gasteiger partial charge in [-0.1, -0.05) is 23.7 Å². The Morgan fingerprint density at radius 3 is 2.47 bits per heavy atom. The summed E-state index contributed by atoms with van der Waals surface area (Å²) in [4.78, 5) is 23.4. The Morgan fingerprint density at radius 2 is 1.77 bits per heavy atom. The highest BCUT2D eigenvalue weighted by atomic mass is 35.5. The van der Waals surface area contributed by atoms with Crippen molar-refractivity contribution in [2.75, 3.05) is 18.0 Å². The molecule has 0 bridgehead atoms. The van der Waals surface area contributed by atoms with Crippen molar-refractivity contribution in [3.05, 3.63) is 77.3 Å². The smallest absolute Gasteiger partial charge is 0.223 e. The van der Waals surface area contributed by atoms with Crippen LogP contribution in [0.1, 0.15) is 18.4 Å². The van der Waals surface area contributed by atoms with Crippen molar-refractivity contribution >= 4 is 23.3 Å². The summed E-state index contributed by atoms with van der Waals surface area (Å²) in [6.07, 6.45) is 3.06. The van der Waals surface area contributed by atoms with Gasteiger partial charge in [-0.3, -0.25) is 4.79 Å². The van der Waals surface area contributed by atoms with Crippen molar-refractivity contribution in [2.24, 2.45) is 5.92 Å². The Kier molecular flexibility index (Phi) is 6.23. The highest BCUT2D eigenvalue weighted by Crippen LogP contribution is 2.25. The van der Waals surface area contributed by atoms with E-state index in [1.54, 1.807) is 12.1 Å². The highest BCUT2D eigenvalue weighted by Gasteiger charge is 2.25. The van der Waals surface area contributed by atoms with Gasteiger partial charge >= 0.3 is 0 Å². The number of halogens is 2. The second-order valence-electron chi connectivity index (χ2n) is 7.37. The number of carbonyl (C=O) groups is 1. The van der Waals surface area contributed by atoms with E-state index in [1.807, 2.05) is 30.3 Å². The van der Waals surface area contributed by atoms with E-state index in [1.165, 1.54) is 18.5 Å². The molecule has 3 aromatic rings. The van der Waals surface area contributed by atoms with E-state index in [2.05, 4.69) is 20.2 Å². The molecule has 1 aromatic heterocycles. The van der Waals surface area contributed by atoms with E-state index in [0.717, 1.165) is 48.6 Å². The van der Waals surface area contributed by atoms with Gasteiger partial charge in [0, 0.05) is 42.2 Å². The summed E-state index contributed by atoms with van der Waals surface area (Å²) in [7, 11) is 0. The minimum Gasteiger partial charge on any atom is -0.356 e. The van der Waals surface area contributed by atoms with Gasteiger partial charge in [0.2, 0.25) is 5.91 Å². The van der Waals surface area contributed by atoms with Crippen LogP contribution in [0.4, 0.5) is 10.2 Å². The van der Waals surface area contributed by atoms with Crippen LogP contribution in [0.15, 0.2) is 60.9 Å². The van der Waals surface area contributed by atoms with E-state index < -0.39 is 0 Å². The maximum atomic E-state index is 13.2. The molecular formula is C23H22ClFN4O. The Bertz CT molecular complexity index is 1000. The van der Waals surface area contributed by atoms with Gasteiger partial charge < -0.3 is 10.2 Å². The van der Waals surface area contributed by atoms with E-state index in [9.17, 15) is 9.18 Å². The first-order valence-corrected chi connectivity index (χ1v) is 10.3. The van der Waals surface area contributed by atoms with Crippen LogP contribution in [0.3, 0.4) is 0 Å². The average Bonchev–Trinajstić information content (AvgIpc) is 2.79. The van der Waals surface area contributed by atoms with E-state index in [4.69, 9.17) is 11.6 Å². The zero-order valence-electron chi connectivity index (χ0n) is 16.4. The number of rotatable bonds is 5. The fourth-order valence-electron chi connectivity index (χ4n) is 3.61. The molecular weight excluding hydrogens is 403 g/mol. The number of anilines is 1. The van der Waals surface area contributed by atoms with E-state index in [0.29, 0.717) is 11.6 Å². The number of piperidine rings is 1. The molecule has 1 amide bonds. The van der Waals surface area contributed by atoms with Crippen molar-refractivity contribution in [3.63, 3.8) is 0 Å². The van der Waals surface area contributed by atoms with E-state index in [-0.39, 0.29) is 17.6 Å². The van der Waals surface area contributed by atoms with Gasteiger partial charge in [-0.2, -0.15) is 0 Å². The van der Waals surface area contributed by atoms with Crippen molar-refractivity contribution in [2.45, 2.75) is 19.4 Å². The lowest BCUT2D eigenvalue weighted by atomic mass is 9.95. The Hall–Kier alpha value is -2.99. The first-order chi connectivity index (χ1) is 14.6. The molecule has 1 aliphatic heterocycles. The second-order valence-corrected chi connectivity index (χ2v) is 7.81. The lowest BCUT2D eigenvalue weighted by Crippen LogP contribution is -2.40. The minimum atomic E-state index is -0.274. The Labute approximate surface area is 179 Å². The fourth-order valence-corrected chi connectivity index (χ4v) is 3.73. The summed E-state index contributed by atoms with van der Waals surface area (Å²) in [5, 5.41) is 3.71. The molecule has 2 heterocycles. The second kappa shape index (κ2) is 9.22. The van der Waals surface area contributed by atoms with Crippen LogP contribution in [0, 0.1) is 11.7 Å². The number of benzene rings is 2. The maximum absolute atomic E-state index is 13.2. The molecule has 4 rings (SSSR count). The third-order valence-electron chi connectivity index (χ3n) is 5.36. The fraction of sp³-hybridized carbons (Fsp3) is 0.261. The van der Waals surface area contributed by atoms with Crippen molar-refractivity contribution in [1.82, 2.24) is 15.3 Å². The van der Waals surface area contributed by atoms with Crippen LogP contribution in [-0.4, -0.2) is 29.0 Å². The molecule has 0 spiro atoms. The normalized spacial score (nSPS) is 14.5. The summed E-state index contributed by atoms with van der Waals surface area (Å²) >= 11 is 5.90. The number of hydrogen-bond acceptors (Lipinski definition) is 4. The summed E-state index contributed by atoms with van der Waals surface area (Å²) in [5.74, 6) is 0.625. The lowest BCUT2D eigenvalue weighted by Gasteiger charge is -2.32. The first-order valence-electron chi connectivity index (χ1n) is 9.93. The summed E-state index contributed by atoms with van der Waals surface area (Å²) < 4.78 is 13.2. The van der Waals surface area contributed by atoms with Gasteiger partial charge in [0.25, 0.3) is 0 Å². The number of nitrogens with one attached hydrogen (secondary N) is 1. The van der Waals surface area contributed by atoms with Crippen LogP contribution < -0.4 is 10.2 Å². The monoisotopic (exact) mass is 424 g/mol. The van der Waals surface area contributed by atoms with Gasteiger partial charge in [0.15, 0.2) is 0 Å². The van der Waals surface area contributed by atoms with Crippen LogP contribution in [0.2, 0.25) is 5.02 Å². The molecule has 0 atom stereocenters. The molecule has 30 heavy (non-hydrogen) atoms. The standard InChI is InChI=1S/C23H22ClFN4O/c24-19-5-1-16(2-6-19)14-26-23(30)18-9-11-29(12-10-18)22-13-21(27-15-28-22)17-3-7-20(25)8-4-17/h1-8,13,15,18H,9-12,14H2,(H,26,30). The minimum absolute atomic E-state index is 0.00745. The van der Waals surface area contributed by atoms with Crippen LogP contribution in [-0.2, 0) is 11.3 Å². The lowest BCUT2D eigenvalue weighted by molar-refractivity contribution is -0.125. The van der Waals surface area contributed by atoms with Gasteiger partial charge in [-0.05, 0) is 54.8 Å². The average molecular weight is 425 g/mol. The predicted molar refractivity (Wildman–Crippen MR) is 116 cm³/mol. The predicted octanol–water partition coefficient (Wildman–Crippen LogP) is 4.47. The number of nitrogens with zero attached hydrogens (tertiary/aromatic N) is 3. The molecule has 5 nitrogen and oxygen atoms in total. The van der Waals surface area contributed by atoms with Crippen LogP contribution >= 0.6 is 11.6 Å². The van der Waals surface area contributed by atoms with Crippen molar-refractivity contribution < 1.29 is 9.18 Å². The van der Waals surface area contributed by atoms with Gasteiger partial charge in [-0.15, -0.1) is 0 Å². The number of amides is 1. The third kappa shape index (κ3) is 4.94. The number of aromatic nitrogens is 2. The number of carbonyl (C=O) groups excluding carboxylic acids is 1. The van der Waals surface area contributed by atoms with Crippen molar-refractivity contribution in [1.29, 1.82) is 0 Å². The molecule has 154 valence electrons. The quantitative estimate of drug-likeness (QED) is 0.656. The summed E-state index contributed by atoms with van der Waals surface area (Å²) in [6, 6.07) is 15.6. The Morgan fingerprint density at radius 1 is 1.07 bits per heavy atom. The highest BCUT2D eigenvalue weighted by molar-refractivity contribution is 6.30. The molecule has 1 fully saturated rings. The summed E-state index contributed by atoms with van der Waals surface area (Å²) in [6.45, 7) is 2.00. The van der Waals surface area contributed by atoms with E-state index >= 15 is 0 Å². The SMILES string of the molecule is O=C(NCc1ccc(Cl)cc1)C1CCN(c2cc(-c3ccc(F)cc3)ncn2)CC1. The molecule has 1 saturated heterocycles. The Balaban J connectivity index is 1.33. The van der Waals surface area contributed by atoms with Gasteiger partial charge in [0.05, 0.1) is 5.69 Å². The molecule has 1 N–H and O–H groups in total. The molecule has 0 saturated carbocycles. The molecule has 0 aliphatic carbocycles. The molecule has 0 radical (unpaired) electrons. The zero-order chi connectivity index (χ0) is 20.9. The van der Waals surface area contributed by atoms with Crippen molar-refractivity contribution in [3.8, 4) is 11.3 Å². The molecule has 2 aromatic carbocycles. The third-order valence-corrected chi connectivity index (χ3v) is 5.61. The summed E-state index contributed by atoms with van der Waals surface area (Å²) in [5.41, 5.74) is 2.62.